The zero-order valence-corrected chi connectivity index (χ0v) is 18.1. The maximum atomic E-state index is 13.0. The molecule has 7 heteroatoms. The van der Waals surface area contributed by atoms with Crippen LogP contribution in [0.3, 0.4) is 0 Å². The van der Waals surface area contributed by atoms with Crippen LogP contribution in [0.2, 0.25) is 0 Å². The number of amides is 1. The van der Waals surface area contributed by atoms with E-state index in [2.05, 4.69) is 16.8 Å². The molecule has 2 aromatic carbocycles. The first kappa shape index (κ1) is 23.8. The smallest absolute Gasteiger partial charge is 0.308 e. The summed E-state index contributed by atoms with van der Waals surface area (Å²) >= 11 is 0. The average molecular weight is 424 g/mol. The first-order chi connectivity index (χ1) is 14.8. The highest BCUT2D eigenvalue weighted by Crippen LogP contribution is 2.27. The number of ether oxygens (including phenoxy) is 2. The van der Waals surface area contributed by atoms with Gasteiger partial charge < -0.3 is 19.7 Å². The number of nitrogens with zero attached hydrogens (tertiary/aromatic N) is 1. The fraction of sp³-hybridized carbons (Fsp3) is 0.292. The van der Waals surface area contributed by atoms with Crippen molar-refractivity contribution in [1.29, 1.82) is 0 Å². The Morgan fingerprint density at radius 3 is 2.45 bits per heavy atom. The van der Waals surface area contributed by atoms with E-state index in [0.717, 1.165) is 18.5 Å². The molecular weight excluding hydrogens is 396 g/mol. The minimum absolute atomic E-state index is 0.170. The molecule has 31 heavy (non-hydrogen) atoms. The van der Waals surface area contributed by atoms with E-state index in [1.165, 1.54) is 26.2 Å². The molecule has 0 heterocycles. The summed E-state index contributed by atoms with van der Waals surface area (Å²) in [5, 5.41) is 2.75. The Hall–Kier alpha value is -3.45. The van der Waals surface area contributed by atoms with Gasteiger partial charge in [0.15, 0.2) is 5.78 Å². The molecule has 164 valence electrons. The van der Waals surface area contributed by atoms with Crippen LogP contribution in [0.4, 0.5) is 0 Å². The minimum atomic E-state index is -0.509. The summed E-state index contributed by atoms with van der Waals surface area (Å²) in [5.41, 5.74) is 1.85. The normalized spacial score (nSPS) is 10.5. The van der Waals surface area contributed by atoms with Crippen LogP contribution >= 0.6 is 0 Å². The molecule has 0 saturated carbocycles. The van der Waals surface area contributed by atoms with E-state index in [1.807, 2.05) is 19.2 Å². The van der Waals surface area contributed by atoms with Crippen molar-refractivity contribution < 1.29 is 23.9 Å². The number of hydrogen-bond acceptors (Lipinski definition) is 6. The van der Waals surface area contributed by atoms with Crippen molar-refractivity contribution in [3.05, 3.63) is 71.8 Å². The number of hydrogen-bond donors (Lipinski definition) is 1. The van der Waals surface area contributed by atoms with Crippen molar-refractivity contribution in [3.63, 3.8) is 0 Å². The van der Waals surface area contributed by atoms with Crippen LogP contribution in [0.1, 0.15) is 34.8 Å². The number of benzene rings is 2. The summed E-state index contributed by atoms with van der Waals surface area (Å²) in [6, 6.07) is 12.1. The molecule has 0 atom stereocenters. The minimum Gasteiger partial charge on any atom is -0.497 e. The molecule has 0 aliphatic heterocycles. The lowest BCUT2D eigenvalue weighted by atomic mass is 10.0. The molecule has 2 aromatic rings. The third kappa shape index (κ3) is 7.38. The highest BCUT2D eigenvalue weighted by atomic mass is 16.5. The molecule has 0 aliphatic carbocycles. The van der Waals surface area contributed by atoms with Gasteiger partial charge in [-0.2, -0.15) is 0 Å². The van der Waals surface area contributed by atoms with Gasteiger partial charge in [-0.1, -0.05) is 30.8 Å². The molecule has 0 saturated heterocycles. The summed E-state index contributed by atoms with van der Waals surface area (Å²) in [4.78, 5) is 37.6. The van der Waals surface area contributed by atoms with E-state index < -0.39 is 5.97 Å². The van der Waals surface area contributed by atoms with Crippen LogP contribution in [0.5, 0.6) is 11.5 Å². The average Bonchev–Trinajstić information content (AvgIpc) is 2.76. The number of esters is 1. The molecular formula is C24H28N2O5. The van der Waals surface area contributed by atoms with E-state index in [4.69, 9.17) is 9.47 Å². The predicted molar refractivity (Wildman–Crippen MR) is 118 cm³/mol. The van der Waals surface area contributed by atoms with Gasteiger partial charge in [-0.05, 0) is 43.8 Å². The van der Waals surface area contributed by atoms with E-state index >= 15 is 0 Å². The SMILES string of the molecule is C=CC(=O)NCCCN(C)Cc1ccc(C(=O)c2ccc(OC)cc2OC(C)=O)cc1. The monoisotopic (exact) mass is 424 g/mol. The second-order valence-electron chi connectivity index (χ2n) is 7.07. The van der Waals surface area contributed by atoms with Crippen molar-refractivity contribution >= 4 is 17.7 Å². The molecule has 1 N–H and O–H groups in total. The highest BCUT2D eigenvalue weighted by Gasteiger charge is 2.17. The maximum Gasteiger partial charge on any atom is 0.308 e. The van der Waals surface area contributed by atoms with Gasteiger partial charge in [0, 0.05) is 31.6 Å². The van der Waals surface area contributed by atoms with E-state index in [9.17, 15) is 14.4 Å². The van der Waals surface area contributed by atoms with Gasteiger partial charge in [0.05, 0.1) is 12.7 Å². The van der Waals surface area contributed by atoms with Crippen LogP contribution in [0.25, 0.3) is 0 Å². The molecule has 2 rings (SSSR count). The summed E-state index contributed by atoms with van der Waals surface area (Å²) in [6.45, 7) is 6.83. The topological polar surface area (TPSA) is 84.9 Å². The standard InChI is InChI=1S/C24H28N2O5/c1-5-23(28)25-13-6-14-26(3)16-18-7-9-19(10-8-18)24(29)21-12-11-20(30-4)15-22(21)31-17(2)27/h5,7-12,15H,1,6,13-14,16H2,2-4H3,(H,25,28). The van der Waals surface area contributed by atoms with Crippen LogP contribution in [-0.4, -0.2) is 49.8 Å². The Morgan fingerprint density at radius 2 is 1.84 bits per heavy atom. The van der Waals surface area contributed by atoms with E-state index in [0.29, 0.717) is 30.0 Å². The Morgan fingerprint density at radius 1 is 1.13 bits per heavy atom. The lowest BCUT2D eigenvalue weighted by Gasteiger charge is -2.17. The second-order valence-corrected chi connectivity index (χ2v) is 7.07. The van der Waals surface area contributed by atoms with Crippen LogP contribution in [-0.2, 0) is 16.1 Å². The Kier molecular flexibility index (Phi) is 8.96. The number of nitrogens with one attached hydrogen (secondary N) is 1. The molecule has 0 unspecified atom stereocenters. The van der Waals surface area contributed by atoms with Crippen molar-refractivity contribution in [2.75, 3.05) is 27.2 Å². The maximum absolute atomic E-state index is 13.0. The van der Waals surface area contributed by atoms with Crippen LogP contribution in [0.15, 0.2) is 55.1 Å². The Balaban J connectivity index is 2.01. The summed E-state index contributed by atoms with van der Waals surface area (Å²) in [5.74, 6) is -0.252. The van der Waals surface area contributed by atoms with Crippen molar-refractivity contribution in [1.82, 2.24) is 10.2 Å². The third-order valence-electron chi connectivity index (χ3n) is 4.56. The quantitative estimate of drug-likeness (QED) is 0.196. The summed E-state index contributed by atoms with van der Waals surface area (Å²) in [7, 11) is 3.50. The van der Waals surface area contributed by atoms with Crippen molar-refractivity contribution in [3.8, 4) is 11.5 Å². The number of rotatable bonds is 11. The lowest BCUT2D eigenvalue weighted by molar-refractivity contribution is -0.131. The lowest BCUT2D eigenvalue weighted by Crippen LogP contribution is -2.26. The third-order valence-corrected chi connectivity index (χ3v) is 4.56. The fourth-order valence-corrected chi connectivity index (χ4v) is 3.00. The number of methoxy groups -OCH3 is 1. The van der Waals surface area contributed by atoms with Crippen molar-refractivity contribution in [2.45, 2.75) is 19.9 Å². The van der Waals surface area contributed by atoms with Gasteiger partial charge in [0.2, 0.25) is 5.91 Å². The zero-order chi connectivity index (χ0) is 22.8. The first-order valence-corrected chi connectivity index (χ1v) is 9.93. The Bertz CT molecular complexity index is 937. The first-order valence-electron chi connectivity index (χ1n) is 9.93. The van der Waals surface area contributed by atoms with Gasteiger partial charge in [0.25, 0.3) is 0 Å². The number of carbonyl (C=O) groups is 3. The van der Waals surface area contributed by atoms with Crippen molar-refractivity contribution in [2.24, 2.45) is 0 Å². The molecule has 0 radical (unpaired) electrons. The van der Waals surface area contributed by atoms with E-state index in [-0.39, 0.29) is 17.4 Å². The molecule has 0 spiro atoms. The molecule has 0 aliphatic rings. The fourth-order valence-electron chi connectivity index (χ4n) is 3.00. The highest BCUT2D eigenvalue weighted by molar-refractivity contribution is 6.11. The Labute approximate surface area is 182 Å². The van der Waals surface area contributed by atoms with Crippen LogP contribution < -0.4 is 14.8 Å². The molecule has 0 bridgehead atoms. The molecule has 0 aromatic heterocycles. The zero-order valence-electron chi connectivity index (χ0n) is 18.1. The number of ketones is 1. The molecule has 1 amide bonds. The summed E-state index contributed by atoms with van der Waals surface area (Å²) < 4.78 is 10.3. The molecule has 7 nitrogen and oxygen atoms in total. The summed E-state index contributed by atoms with van der Waals surface area (Å²) in [6.07, 6.45) is 2.08. The van der Waals surface area contributed by atoms with Gasteiger partial charge in [-0.25, -0.2) is 0 Å². The molecule has 0 fully saturated rings. The van der Waals surface area contributed by atoms with Gasteiger partial charge >= 0.3 is 5.97 Å². The predicted octanol–water partition coefficient (Wildman–Crippen LogP) is 2.98. The van der Waals surface area contributed by atoms with Gasteiger partial charge in [-0.15, -0.1) is 0 Å². The van der Waals surface area contributed by atoms with Gasteiger partial charge in [0.1, 0.15) is 11.5 Å². The second kappa shape index (κ2) is 11.7. The van der Waals surface area contributed by atoms with Gasteiger partial charge in [-0.3, -0.25) is 14.4 Å². The van der Waals surface area contributed by atoms with Crippen LogP contribution in [0, 0.1) is 0 Å². The van der Waals surface area contributed by atoms with E-state index in [1.54, 1.807) is 24.3 Å². The number of carbonyl (C=O) groups excluding carboxylic acids is 3. The largest absolute Gasteiger partial charge is 0.497 e.